The normalized spacial score (nSPS) is 13.8. The van der Waals surface area contributed by atoms with Crippen molar-refractivity contribution in [3.05, 3.63) is 58.1 Å². The molecule has 1 unspecified atom stereocenters. The van der Waals surface area contributed by atoms with Crippen molar-refractivity contribution in [2.45, 2.75) is 45.4 Å². The van der Waals surface area contributed by atoms with Crippen LogP contribution in [0.5, 0.6) is 11.5 Å². The number of rotatable bonds is 7. The Morgan fingerprint density at radius 3 is 2.33 bits per heavy atom. The minimum Gasteiger partial charge on any atom is -0.507 e. The summed E-state index contributed by atoms with van der Waals surface area (Å²) in [6.45, 7) is 6.15. The van der Waals surface area contributed by atoms with E-state index in [0.717, 1.165) is 0 Å². The van der Waals surface area contributed by atoms with Crippen molar-refractivity contribution in [1.82, 2.24) is 10.6 Å². The second-order valence-corrected chi connectivity index (χ2v) is 8.81. The summed E-state index contributed by atoms with van der Waals surface area (Å²) in [4.78, 5) is 37.3. The SMILES string of the molecule is CC(C)(C)OC(=O)NCCCCNC(O)c1cc(O)c2c(c1)C(=O)c1cccc(O)c1C2=O. The molecule has 0 spiro atoms. The monoisotopic (exact) mass is 456 g/mol. The maximum absolute atomic E-state index is 12.9. The molecule has 9 nitrogen and oxygen atoms in total. The molecule has 1 aliphatic carbocycles. The average Bonchev–Trinajstić information content (AvgIpc) is 2.72. The number of ketones is 2. The Labute approximate surface area is 191 Å². The molecule has 3 rings (SSSR count). The average molecular weight is 456 g/mol. The lowest BCUT2D eigenvalue weighted by atomic mass is 9.82. The summed E-state index contributed by atoms with van der Waals surface area (Å²) in [5.41, 5.74) is -0.665. The number of hydrogen-bond donors (Lipinski definition) is 5. The number of aliphatic hydroxyl groups is 1. The van der Waals surface area contributed by atoms with E-state index in [-0.39, 0.29) is 33.6 Å². The van der Waals surface area contributed by atoms with E-state index in [1.54, 1.807) is 20.8 Å². The molecule has 176 valence electrons. The molecule has 1 aliphatic rings. The molecule has 33 heavy (non-hydrogen) atoms. The first-order chi connectivity index (χ1) is 15.5. The zero-order valence-electron chi connectivity index (χ0n) is 18.8. The highest BCUT2D eigenvalue weighted by molar-refractivity contribution is 6.30. The predicted molar refractivity (Wildman–Crippen MR) is 120 cm³/mol. The Morgan fingerprint density at radius 1 is 0.970 bits per heavy atom. The number of benzene rings is 2. The van der Waals surface area contributed by atoms with E-state index >= 15 is 0 Å². The van der Waals surface area contributed by atoms with Crippen LogP contribution in [0.15, 0.2) is 30.3 Å². The molecule has 0 fully saturated rings. The topological polar surface area (TPSA) is 145 Å². The maximum Gasteiger partial charge on any atom is 0.407 e. The van der Waals surface area contributed by atoms with Crippen LogP contribution in [0.3, 0.4) is 0 Å². The summed E-state index contributed by atoms with van der Waals surface area (Å²) < 4.78 is 5.15. The van der Waals surface area contributed by atoms with Crippen LogP contribution in [0.25, 0.3) is 0 Å². The largest absolute Gasteiger partial charge is 0.507 e. The van der Waals surface area contributed by atoms with Gasteiger partial charge in [-0.1, -0.05) is 12.1 Å². The van der Waals surface area contributed by atoms with Crippen LogP contribution in [0.2, 0.25) is 0 Å². The number of nitrogens with one attached hydrogen (secondary N) is 2. The molecule has 9 heteroatoms. The molecular weight excluding hydrogens is 428 g/mol. The van der Waals surface area contributed by atoms with Gasteiger partial charge in [0, 0.05) is 17.7 Å². The van der Waals surface area contributed by atoms with Gasteiger partial charge in [-0.25, -0.2) is 4.79 Å². The molecule has 0 saturated carbocycles. The Kier molecular flexibility index (Phi) is 7.04. The van der Waals surface area contributed by atoms with Crippen LogP contribution in [0.1, 0.15) is 77.2 Å². The van der Waals surface area contributed by atoms with E-state index in [2.05, 4.69) is 10.6 Å². The number of fused-ring (bicyclic) bond motifs is 2. The van der Waals surface area contributed by atoms with Gasteiger partial charge >= 0.3 is 6.09 Å². The summed E-state index contributed by atoms with van der Waals surface area (Å²) in [5.74, 6) is -1.95. The van der Waals surface area contributed by atoms with E-state index in [4.69, 9.17) is 4.74 Å². The first kappa shape index (κ1) is 24.2. The minimum atomic E-state index is -1.19. The quantitative estimate of drug-likeness (QED) is 0.270. The number of phenolic OH excluding ortho intramolecular Hbond substituents is 2. The summed E-state index contributed by atoms with van der Waals surface area (Å²) in [7, 11) is 0. The standard InChI is InChI=1S/C24H28N2O7/c1-24(2,3)33-23(32)26-10-5-4-9-25-22(31)13-11-15-19(17(28)12-13)21(30)18-14(20(15)29)7-6-8-16(18)27/h6-8,11-12,22,25,27-28,31H,4-5,9-10H2,1-3H3,(H,26,32). The van der Waals surface area contributed by atoms with Crippen molar-refractivity contribution >= 4 is 17.7 Å². The van der Waals surface area contributed by atoms with Gasteiger partial charge in [-0.3, -0.25) is 14.9 Å². The summed E-state index contributed by atoms with van der Waals surface area (Å²) >= 11 is 0. The third-order valence-electron chi connectivity index (χ3n) is 5.05. The molecule has 1 amide bonds. The lowest BCUT2D eigenvalue weighted by Gasteiger charge is -2.21. The Morgan fingerprint density at radius 2 is 1.64 bits per heavy atom. The number of unbranched alkanes of at least 4 members (excludes halogenated alkanes) is 1. The van der Waals surface area contributed by atoms with E-state index in [0.29, 0.717) is 25.9 Å². The molecule has 0 saturated heterocycles. The zero-order chi connectivity index (χ0) is 24.3. The minimum absolute atomic E-state index is 0.0319. The highest BCUT2D eigenvalue weighted by atomic mass is 16.6. The Balaban J connectivity index is 1.60. The number of aromatic hydroxyl groups is 2. The molecule has 0 heterocycles. The second-order valence-electron chi connectivity index (χ2n) is 8.81. The van der Waals surface area contributed by atoms with Crippen LogP contribution in [0.4, 0.5) is 4.79 Å². The first-order valence-electron chi connectivity index (χ1n) is 10.7. The van der Waals surface area contributed by atoms with Gasteiger partial charge in [0.25, 0.3) is 0 Å². The van der Waals surface area contributed by atoms with Crippen molar-refractivity contribution < 1.29 is 34.4 Å². The smallest absolute Gasteiger partial charge is 0.407 e. The van der Waals surface area contributed by atoms with Gasteiger partial charge in [-0.2, -0.15) is 0 Å². The van der Waals surface area contributed by atoms with Crippen LogP contribution in [0, 0.1) is 0 Å². The summed E-state index contributed by atoms with van der Waals surface area (Å²) in [5, 5.41) is 36.4. The number of amides is 1. The highest BCUT2D eigenvalue weighted by Gasteiger charge is 2.34. The highest BCUT2D eigenvalue weighted by Crippen LogP contribution is 2.37. The second kappa shape index (κ2) is 9.60. The van der Waals surface area contributed by atoms with E-state index < -0.39 is 35.2 Å². The number of alkyl carbamates (subject to hydrolysis) is 1. The zero-order valence-corrected chi connectivity index (χ0v) is 18.8. The van der Waals surface area contributed by atoms with Gasteiger partial charge in [-0.15, -0.1) is 0 Å². The molecule has 0 aromatic heterocycles. The molecular formula is C24H28N2O7. The van der Waals surface area contributed by atoms with E-state index in [1.165, 1.54) is 30.3 Å². The van der Waals surface area contributed by atoms with Gasteiger partial charge in [-0.05, 0) is 63.9 Å². The van der Waals surface area contributed by atoms with E-state index in [1.807, 2.05) is 0 Å². The summed E-state index contributed by atoms with van der Waals surface area (Å²) in [6, 6.07) is 6.78. The number of hydrogen-bond acceptors (Lipinski definition) is 8. The maximum atomic E-state index is 12.9. The molecule has 0 bridgehead atoms. The molecule has 1 atom stereocenters. The van der Waals surface area contributed by atoms with Crippen molar-refractivity contribution in [2.24, 2.45) is 0 Å². The fourth-order valence-corrected chi connectivity index (χ4v) is 3.57. The molecule has 0 aliphatic heterocycles. The Hall–Kier alpha value is -3.43. The van der Waals surface area contributed by atoms with Crippen molar-refractivity contribution in [3.8, 4) is 11.5 Å². The van der Waals surface area contributed by atoms with Crippen LogP contribution >= 0.6 is 0 Å². The van der Waals surface area contributed by atoms with E-state index in [9.17, 15) is 29.7 Å². The fraction of sp³-hybridized carbons (Fsp3) is 0.375. The third kappa shape index (κ3) is 5.50. The van der Waals surface area contributed by atoms with Crippen molar-refractivity contribution in [1.29, 1.82) is 0 Å². The predicted octanol–water partition coefficient (Wildman–Crippen LogP) is 2.76. The number of carbonyl (C=O) groups excluding carboxylic acids is 3. The molecule has 5 N–H and O–H groups in total. The van der Waals surface area contributed by atoms with Crippen molar-refractivity contribution in [2.75, 3.05) is 13.1 Å². The summed E-state index contributed by atoms with van der Waals surface area (Å²) in [6.07, 6.45) is -0.405. The van der Waals surface area contributed by atoms with Crippen LogP contribution in [-0.4, -0.2) is 51.7 Å². The number of ether oxygens (including phenoxy) is 1. The van der Waals surface area contributed by atoms with Gasteiger partial charge in [0.15, 0.2) is 5.78 Å². The van der Waals surface area contributed by atoms with Gasteiger partial charge in [0.1, 0.15) is 23.3 Å². The van der Waals surface area contributed by atoms with Gasteiger partial charge in [0.2, 0.25) is 5.78 Å². The number of phenols is 2. The van der Waals surface area contributed by atoms with Crippen LogP contribution in [-0.2, 0) is 4.74 Å². The van der Waals surface area contributed by atoms with Gasteiger partial charge < -0.3 is 25.4 Å². The van der Waals surface area contributed by atoms with Gasteiger partial charge in [0.05, 0.1) is 11.1 Å². The number of carbonyl (C=O) groups is 3. The lowest BCUT2D eigenvalue weighted by molar-refractivity contribution is 0.0526. The first-order valence-corrected chi connectivity index (χ1v) is 10.7. The molecule has 2 aromatic rings. The third-order valence-corrected chi connectivity index (χ3v) is 5.05. The Bertz CT molecular complexity index is 1090. The van der Waals surface area contributed by atoms with Crippen molar-refractivity contribution in [3.63, 3.8) is 0 Å². The fourth-order valence-electron chi connectivity index (χ4n) is 3.57. The molecule has 0 radical (unpaired) electrons. The lowest BCUT2D eigenvalue weighted by Crippen LogP contribution is -2.33. The van der Waals surface area contributed by atoms with Crippen LogP contribution < -0.4 is 10.6 Å². The molecule has 2 aromatic carbocycles. The number of aliphatic hydroxyl groups excluding tert-OH is 1.